The van der Waals surface area contributed by atoms with Crippen molar-refractivity contribution in [2.75, 3.05) is 12.4 Å². The maximum atomic E-state index is 12.8. The zero-order chi connectivity index (χ0) is 20.0. The Bertz CT molecular complexity index is 774. The van der Waals surface area contributed by atoms with Crippen LogP contribution >= 0.6 is 0 Å². The first-order chi connectivity index (χ1) is 12.8. The zero-order valence-corrected chi connectivity index (χ0v) is 14.8. The number of hydrogen-bond donors (Lipinski definition) is 1. The minimum Gasteiger partial charge on any atom is -0.481 e. The molecule has 1 aromatic rings. The number of nitrogens with one attached hydrogen (secondary N) is 1. The van der Waals surface area contributed by atoms with Crippen molar-refractivity contribution in [3.63, 3.8) is 0 Å². The van der Waals surface area contributed by atoms with Gasteiger partial charge in [-0.3, -0.25) is 4.79 Å². The van der Waals surface area contributed by atoms with Crippen molar-refractivity contribution in [2.24, 2.45) is 11.8 Å². The quantitative estimate of drug-likeness (QED) is 0.766. The van der Waals surface area contributed by atoms with E-state index in [0.29, 0.717) is 18.4 Å². The molecule has 0 aromatic carbocycles. The number of carbonyl (C=O) groups excluding carboxylic acids is 1. The second-order valence-corrected chi connectivity index (χ2v) is 6.30. The number of rotatable bonds is 5. The van der Waals surface area contributed by atoms with Crippen LogP contribution in [0.4, 0.5) is 18.9 Å². The third-order valence-corrected chi connectivity index (χ3v) is 4.54. The van der Waals surface area contributed by atoms with Crippen LogP contribution in [0.25, 0.3) is 6.08 Å². The molecule has 0 bridgehead atoms. The summed E-state index contributed by atoms with van der Waals surface area (Å²) in [5.41, 5.74) is 0.724. The van der Waals surface area contributed by atoms with Crippen molar-refractivity contribution in [3.8, 4) is 11.9 Å². The lowest BCUT2D eigenvalue weighted by atomic mass is 9.81. The van der Waals surface area contributed by atoms with Gasteiger partial charge in [-0.05, 0) is 43.7 Å². The van der Waals surface area contributed by atoms with Gasteiger partial charge in [0, 0.05) is 5.56 Å². The first-order valence-electron chi connectivity index (χ1n) is 8.46. The van der Waals surface area contributed by atoms with Crippen molar-refractivity contribution in [2.45, 2.75) is 31.9 Å². The highest BCUT2D eigenvalue weighted by molar-refractivity contribution is 5.99. The molecular weight excluding hydrogens is 359 g/mol. The predicted molar refractivity (Wildman–Crippen MR) is 94.9 cm³/mol. The van der Waals surface area contributed by atoms with E-state index in [4.69, 9.17) is 4.74 Å². The lowest BCUT2D eigenvalue weighted by Gasteiger charge is -2.28. The van der Waals surface area contributed by atoms with Gasteiger partial charge in [-0.1, -0.05) is 18.7 Å². The molecule has 1 heterocycles. The molecule has 0 aliphatic heterocycles. The molecule has 1 aliphatic rings. The maximum absolute atomic E-state index is 12.8. The number of pyridine rings is 1. The fourth-order valence-corrected chi connectivity index (χ4v) is 3.04. The Hall–Kier alpha value is -2.82. The van der Waals surface area contributed by atoms with Crippen LogP contribution in [-0.2, 0) is 4.79 Å². The SMILES string of the molecule is C=CC(=O)Nc1cc(/C=C/C2CCC(C(F)(F)F)CC2)c(OC)nc1C#N. The van der Waals surface area contributed by atoms with Gasteiger partial charge >= 0.3 is 6.18 Å². The highest BCUT2D eigenvalue weighted by atomic mass is 19.4. The van der Waals surface area contributed by atoms with Gasteiger partial charge in [0.2, 0.25) is 11.8 Å². The molecule has 1 aliphatic carbocycles. The topological polar surface area (TPSA) is 75.0 Å². The van der Waals surface area contributed by atoms with Gasteiger partial charge in [0.25, 0.3) is 0 Å². The van der Waals surface area contributed by atoms with Gasteiger partial charge in [-0.2, -0.15) is 23.4 Å². The maximum Gasteiger partial charge on any atom is 0.391 e. The number of nitriles is 1. The van der Waals surface area contributed by atoms with Crippen molar-refractivity contribution in [1.29, 1.82) is 5.26 Å². The average molecular weight is 379 g/mol. The number of methoxy groups -OCH3 is 1. The number of halogens is 3. The van der Waals surface area contributed by atoms with Gasteiger partial charge in [-0.25, -0.2) is 0 Å². The Morgan fingerprint density at radius 3 is 2.59 bits per heavy atom. The highest BCUT2D eigenvalue weighted by Crippen LogP contribution is 2.40. The number of anilines is 1. The first kappa shape index (κ1) is 20.5. The molecule has 0 unspecified atom stereocenters. The summed E-state index contributed by atoms with van der Waals surface area (Å²) in [6, 6.07) is 3.43. The number of nitrogens with zero attached hydrogens (tertiary/aromatic N) is 2. The van der Waals surface area contributed by atoms with Gasteiger partial charge in [0.15, 0.2) is 5.69 Å². The second-order valence-electron chi connectivity index (χ2n) is 6.30. The smallest absolute Gasteiger partial charge is 0.391 e. The monoisotopic (exact) mass is 379 g/mol. The van der Waals surface area contributed by atoms with Gasteiger partial charge in [0.05, 0.1) is 18.7 Å². The number of hydrogen-bond acceptors (Lipinski definition) is 4. The van der Waals surface area contributed by atoms with Crippen molar-refractivity contribution in [3.05, 3.63) is 36.1 Å². The molecule has 27 heavy (non-hydrogen) atoms. The fourth-order valence-electron chi connectivity index (χ4n) is 3.04. The fraction of sp³-hybridized carbons (Fsp3) is 0.421. The largest absolute Gasteiger partial charge is 0.481 e. The van der Waals surface area contributed by atoms with Crippen LogP contribution in [0.1, 0.15) is 36.9 Å². The summed E-state index contributed by atoms with van der Waals surface area (Å²) in [4.78, 5) is 15.6. The molecule has 0 spiro atoms. The van der Waals surface area contributed by atoms with E-state index in [1.807, 2.05) is 12.1 Å². The van der Waals surface area contributed by atoms with Crippen molar-refractivity contribution >= 4 is 17.7 Å². The Morgan fingerprint density at radius 1 is 1.41 bits per heavy atom. The molecule has 0 radical (unpaired) electrons. The van der Waals surface area contributed by atoms with E-state index in [9.17, 15) is 23.2 Å². The van der Waals surface area contributed by atoms with Crippen molar-refractivity contribution in [1.82, 2.24) is 4.98 Å². The highest BCUT2D eigenvalue weighted by Gasteiger charge is 2.40. The van der Waals surface area contributed by atoms with Crippen LogP contribution in [-0.4, -0.2) is 24.2 Å². The number of allylic oxidation sites excluding steroid dienone is 1. The standard InChI is InChI=1S/C19H20F3N3O2/c1-3-17(26)24-15-10-13(18(27-2)25-16(15)11-23)7-4-12-5-8-14(9-6-12)19(20,21)22/h3-4,7,10,12,14H,1,5-6,8-9H2,2H3,(H,24,26)/b7-4+. The van der Waals surface area contributed by atoms with E-state index in [2.05, 4.69) is 16.9 Å². The van der Waals surface area contributed by atoms with Crippen LogP contribution in [0.3, 0.4) is 0 Å². The molecule has 8 heteroatoms. The van der Waals surface area contributed by atoms with Gasteiger partial charge in [0.1, 0.15) is 6.07 Å². The third kappa shape index (κ3) is 5.33. The summed E-state index contributed by atoms with van der Waals surface area (Å²) in [5.74, 6) is -1.49. The van der Waals surface area contributed by atoms with Gasteiger partial charge < -0.3 is 10.1 Å². The van der Waals surface area contributed by atoms with Gasteiger partial charge in [-0.15, -0.1) is 0 Å². The summed E-state index contributed by atoms with van der Waals surface area (Å²) in [7, 11) is 1.40. The van der Waals surface area contributed by atoms with Crippen LogP contribution < -0.4 is 10.1 Å². The molecule has 0 saturated heterocycles. The number of amides is 1. The number of carbonyl (C=O) groups is 1. The Balaban J connectivity index is 2.18. The summed E-state index contributed by atoms with van der Waals surface area (Å²) in [6.07, 6.45) is 1.60. The Morgan fingerprint density at radius 2 is 2.07 bits per heavy atom. The summed E-state index contributed by atoms with van der Waals surface area (Å²) in [5, 5.41) is 11.7. The van der Waals surface area contributed by atoms with E-state index in [0.717, 1.165) is 6.08 Å². The summed E-state index contributed by atoms with van der Waals surface area (Å²) in [6.45, 7) is 3.36. The summed E-state index contributed by atoms with van der Waals surface area (Å²) < 4.78 is 43.5. The first-order valence-corrected chi connectivity index (χ1v) is 8.46. The van der Waals surface area contributed by atoms with E-state index in [1.165, 1.54) is 7.11 Å². The van der Waals surface area contributed by atoms with Crippen LogP contribution in [0.2, 0.25) is 0 Å². The average Bonchev–Trinajstić information content (AvgIpc) is 2.65. The molecule has 1 fully saturated rings. The molecule has 144 valence electrons. The number of ether oxygens (including phenoxy) is 1. The molecule has 5 nitrogen and oxygen atoms in total. The Labute approximate surface area is 155 Å². The normalized spacial score (nSPS) is 20.1. The second kappa shape index (κ2) is 8.71. The molecule has 2 rings (SSSR count). The molecular formula is C19H20F3N3O2. The minimum absolute atomic E-state index is 0.00937. The minimum atomic E-state index is -4.13. The summed E-state index contributed by atoms with van der Waals surface area (Å²) >= 11 is 0. The molecule has 1 aromatic heterocycles. The van der Waals surface area contributed by atoms with E-state index < -0.39 is 18.0 Å². The lowest BCUT2D eigenvalue weighted by Crippen LogP contribution is -2.27. The molecule has 1 N–H and O–H groups in total. The molecule has 1 amide bonds. The number of aromatic nitrogens is 1. The van der Waals surface area contributed by atoms with Crippen LogP contribution in [0, 0.1) is 23.2 Å². The predicted octanol–water partition coefficient (Wildman–Crippen LogP) is 4.47. The van der Waals surface area contributed by atoms with E-state index in [1.54, 1.807) is 12.1 Å². The van der Waals surface area contributed by atoms with Crippen LogP contribution in [0.15, 0.2) is 24.8 Å². The van der Waals surface area contributed by atoms with Crippen LogP contribution in [0.5, 0.6) is 5.88 Å². The number of alkyl halides is 3. The van der Waals surface area contributed by atoms with Crippen molar-refractivity contribution < 1.29 is 22.7 Å². The van der Waals surface area contributed by atoms with E-state index >= 15 is 0 Å². The molecule has 1 saturated carbocycles. The third-order valence-electron chi connectivity index (χ3n) is 4.54. The lowest BCUT2D eigenvalue weighted by molar-refractivity contribution is -0.183. The zero-order valence-electron chi connectivity index (χ0n) is 14.8. The Kier molecular flexibility index (Phi) is 6.61. The molecule has 0 atom stereocenters. The van der Waals surface area contributed by atoms with E-state index in [-0.39, 0.29) is 36.0 Å².